The Balaban J connectivity index is 1.83. The first kappa shape index (κ1) is 16.8. The molecule has 0 saturated carbocycles. The van der Waals surface area contributed by atoms with Gasteiger partial charge < -0.3 is 14.8 Å². The second kappa shape index (κ2) is 8.19. The highest BCUT2D eigenvalue weighted by atomic mass is 35.5. The van der Waals surface area contributed by atoms with Crippen molar-refractivity contribution in [2.75, 3.05) is 20.3 Å². The molecule has 6 heteroatoms. The lowest BCUT2D eigenvalue weighted by molar-refractivity contribution is 0.0600. The summed E-state index contributed by atoms with van der Waals surface area (Å²) in [5.74, 6) is -0.162. The van der Waals surface area contributed by atoms with E-state index in [0.29, 0.717) is 28.4 Å². The van der Waals surface area contributed by atoms with Gasteiger partial charge in [0.2, 0.25) is 0 Å². The third-order valence-electron chi connectivity index (χ3n) is 3.03. The van der Waals surface area contributed by atoms with Gasteiger partial charge in [0.15, 0.2) is 0 Å². The van der Waals surface area contributed by atoms with Gasteiger partial charge in [-0.05, 0) is 30.3 Å². The number of halogens is 1. The summed E-state index contributed by atoms with van der Waals surface area (Å²) in [6.45, 7) is 0.577. The number of benzene rings is 2. The van der Waals surface area contributed by atoms with E-state index < -0.39 is 5.97 Å². The largest absolute Gasteiger partial charge is 0.492 e. The molecule has 0 aliphatic heterocycles. The van der Waals surface area contributed by atoms with Crippen molar-refractivity contribution < 1.29 is 19.1 Å². The molecule has 0 fully saturated rings. The maximum Gasteiger partial charge on any atom is 0.337 e. The Morgan fingerprint density at radius 1 is 1.13 bits per heavy atom. The van der Waals surface area contributed by atoms with Gasteiger partial charge in [-0.3, -0.25) is 4.79 Å². The molecule has 0 aliphatic carbocycles. The molecule has 0 heterocycles. The van der Waals surface area contributed by atoms with Gasteiger partial charge >= 0.3 is 5.97 Å². The molecule has 2 aromatic rings. The van der Waals surface area contributed by atoms with Gasteiger partial charge in [-0.25, -0.2) is 4.79 Å². The lowest BCUT2D eigenvalue weighted by atomic mass is 10.2. The number of amides is 1. The van der Waals surface area contributed by atoms with Crippen LogP contribution in [0.4, 0.5) is 0 Å². The van der Waals surface area contributed by atoms with E-state index in [1.807, 2.05) is 0 Å². The van der Waals surface area contributed by atoms with Gasteiger partial charge in [-0.1, -0.05) is 29.8 Å². The van der Waals surface area contributed by atoms with E-state index >= 15 is 0 Å². The zero-order chi connectivity index (χ0) is 16.7. The molecule has 0 unspecified atom stereocenters. The van der Waals surface area contributed by atoms with E-state index in [2.05, 4.69) is 10.1 Å². The maximum absolute atomic E-state index is 11.9. The van der Waals surface area contributed by atoms with E-state index in [4.69, 9.17) is 16.3 Å². The first-order chi connectivity index (χ1) is 11.1. The molecule has 1 N–H and O–H groups in total. The molecule has 0 aromatic heterocycles. The summed E-state index contributed by atoms with van der Waals surface area (Å²) in [4.78, 5) is 23.4. The van der Waals surface area contributed by atoms with Crippen LogP contribution in [0.5, 0.6) is 5.75 Å². The number of carbonyl (C=O) groups is 2. The lowest BCUT2D eigenvalue weighted by Gasteiger charge is -2.09. The molecule has 0 aliphatic rings. The van der Waals surface area contributed by atoms with Crippen LogP contribution in [0.3, 0.4) is 0 Å². The fourth-order valence-electron chi connectivity index (χ4n) is 1.90. The zero-order valence-corrected chi connectivity index (χ0v) is 13.3. The number of hydrogen-bond acceptors (Lipinski definition) is 4. The summed E-state index contributed by atoms with van der Waals surface area (Å²) in [7, 11) is 1.32. The standard InChI is InChI=1S/C17H16ClNO4/c1-22-17(21)12-5-4-6-13(11-12)23-10-9-19-16(20)14-7-2-3-8-15(14)18/h2-8,11H,9-10H2,1H3,(H,19,20). The van der Waals surface area contributed by atoms with Crippen molar-refractivity contribution in [1.82, 2.24) is 5.32 Å². The number of esters is 1. The first-order valence-corrected chi connectivity index (χ1v) is 7.33. The fourth-order valence-corrected chi connectivity index (χ4v) is 2.13. The second-order valence-electron chi connectivity index (χ2n) is 4.60. The molecule has 0 bridgehead atoms. The summed E-state index contributed by atoms with van der Waals surface area (Å²) in [6, 6.07) is 13.5. The second-order valence-corrected chi connectivity index (χ2v) is 5.01. The van der Waals surface area contributed by atoms with Crippen molar-refractivity contribution in [3.8, 4) is 5.75 Å². The van der Waals surface area contributed by atoms with Crippen molar-refractivity contribution in [2.45, 2.75) is 0 Å². The minimum absolute atomic E-state index is 0.262. The molecule has 0 radical (unpaired) electrons. The molecule has 0 saturated heterocycles. The molecule has 2 aromatic carbocycles. The van der Waals surface area contributed by atoms with Crippen LogP contribution in [-0.2, 0) is 4.74 Å². The quantitative estimate of drug-likeness (QED) is 0.652. The van der Waals surface area contributed by atoms with Gasteiger partial charge in [0.05, 0.1) is 29.8 Å². The van der Waals surface area contributed by atoms with E-state index in [0.717, 1.165) is 0 Å². The smallest absolute Gasteiger partial charge is 0.337 e. The van der Waals surface area contributed by atoms with Crippen molar-refractivity contribution >= 4 is 23.5 Å². The van der Waals surface area contributed by atoms with Crippen molar-refractivity contribution in [3.05, 3.63) is 64.7 Å². The molecule has 5 nitrogen and oxygen atoms in total. The van der Waals surface area contributed by atoms with Crippen LogP contribution in [0.25, 0.3) is 0 Å². The van der Waals surface area contributed by atoms with E-state index in [-0.39, 0.29) is 12.5 Å². The Morgan fingerprint density at radius 2 is 1.91 bits per heavy atom. The van der Waals surface area contributed by atoms with Gasteiger partial charge in [-0.2, -0.15) is 0 Å². The SMILES string of the molecule is COC(=O)c1cccc(OCCNC(=O)c2ccccc2Cl)c1. The van der Waals surface area contributed by atoms with Crippen LogP contribution in [0, 0.1) is 0 Å². The Morgan fingerprint density at radius 3 is 2.65 bits per heavy atom. The molecule has 2 rings (SSSR count). The summed E-state index contributed by atoms with van der Waals surface area (Å²) in [5.41, 5.74) is 0.826. The minimum atomic E-state index is -0.428. The number of carbonyl (C=O) groups excluding carboxylic acids is 2. The predicted molar refractivity (Wildman–Crippen MR) is 87.1 cm³/mol. The highest BCUT2D eigenvalue weighted by molar-refractivity contribution is 6.33. The summed E-state index contributed by atoms with van der Waals surface area (Å²) >= 11 is 5.95. The third-order valence-corrected chi connectivity index (χ3v) is 3.36. The van der Waals surface area contributed by atoms with Gasteiger partial charge in [0, 0.05) is 0 Å². The molecule has 0 atom stereocenters. The molecule has 120 valence electrons. The Labute approximate surface area is 139 Å². The summed E-state index contributed by atoms with van der Waals surface area (Å²) in [6.07, 6.45) is 0. The Hall–Kier alpha value is -2.53. The number of methoxy groups -OCH3 is 1. The predicted octanol–water partition coefficient (Wildman–Crippen LogP) is 2.94. The summed E-state index contributed by atoms with van der Waals surface area (Å²) < 4.78 is 10.1. The average Bonchev–Trinajstić information content (AvgIpc) is 2.58. The Kier molecular flexibility index (Phi) is 6.00. The normalized spacial score (nSPS) is 10.0. The third kappa shape index (κ3) is 4.72. The fraction of sp³-hybridized carbons (Fsp3) is 0.176. The van der Waals surface area contributed by atoms with Crippen LogP contribution in [0.15, 0.2) is 48.5 Å². The summed E-state index contributed by atoms with van der Waals surface area (Å²) in [5, 5.41) is 3.12. The van der Waals surface area contributed by atoms with E-state index in [9.17, 15) is 9.59 Å². The topological polar surface area (TPSA) is 64.6 Å². The number of ether oxygens (including phenoxy) is 2. The van der Waals surface area contributed by atoms with Crippen LogP contribution >= 0.6 is 11.6 Å². The van der Waals surface area contributed by atoms with Crippen LogP contribution in [0.1, 0.15) is 20.7 Å². The zero-order valence-electron chi connectivity index (χ0n) is 12.5. The molecular weight excluding hydrogens is 318 g/mol. The Bertz CT molecular complexity index is 702. The van der Waals surface area contributed by atoms with Gasteiger partial charge in [-0.15, -0.1) is 0 Å². The maximum atomic E-state index is 11.9. The average molecular weight is 334 g/mol. The van der Waals surface area contributed by atoms with Crippen molar-refractivity contribution in [1.29, 1.82) is 0 Å². The number of hydrogen-bond donors (Lipinski definition) is 1. The van der Waals surface area contributed by atoms with Gasteiger partial charge in [0.25, 0.3) is 5.91 Å². The van der Waals surface area contributed by atoms with Crippen molar-refractivity contribution in [2.24, 2.45) is 0 Å². The number of rotatable bonds is 6. The first-order valence-electron chi connectivity index (χ1n) is 6.95. The van der Waals surface area contributed by atoms with Crippen LogP contribution in [0.2, 0.25) is 5.02 Å². The molecular formula is C17H16ClNO4. The highest BCUT2D eigenvalue weighted by Crippen LogP contribution is 2.15. The van der Waals surface area contributed by atoms with Gasteiger partial charge in [0.1, 0.15) is 12.4 Å². The van der Waals surface area contributed by atoms with E-state index in [1.165, 1.54) is 7.11 Å². The highest BCUT2D eigenvalue weighted by Gasteiger charge is 2.09. The van der Waals surface area contributed by atoms with Crippen LogP contribution < -0.4 is 10.1 Å². The molecule has 0 spiro atoms. The van der Waals surface area contributed by atoms with Crippen molar-refractivity contribution in [3.63, 3.8) is 0 Å². The molecule has 23 heavy (non-hydrogen) atoms. The monoisotopic (exact) mass is 333 g/mol. The lowest BCUT2D eigenvalue weighted by Crippen LogP contribution is -2.28. The molecule has 1 amide bonds. The van der Waals surface area contributed by atoms with E-state index in [1.54, 1.807) is 48.5 Å². The minimum Gasteiger partial charge on any atom is -0.492 e. The van der Waals surface area contributed by atoms with Crippen LogP contribution in [-0.4, -0.2) is 32.1 Å². The number of nitrogens with one attached hydrogen (secondary N) is 1.